The third-order valence-electron chi connectivity index (χ3n) is 11.5. The van der Waals surface area contributed by atoms with E-state index >= 15 is 4.79 Å². The van der Waals surface area contributed by atoms with Crippen molar-refractivity contribution in [2.24, 2.45) is 5.41 Å². The minimum atomic E-state index is -0.740. The molecule has 5 aromatic rings. The summed E-state index contributed by atoms with van der Waals surface area (Å²) in [5, 5.41) is 2.49. The lowest BCUT2D eigenvalue weighted by Crippen LogP contribution is -2.56. The Balaban J connectivity index is 1.31. The summed E-state index contributed by atoms with van der Waals surface area (Å²) in [7, 11) is 0. The zero-order chi connectivity index (χ0) is 29.1. The largest absolute Gasteiger partial charge is 0.338 e. The van der Waals surface area contributed by atoms with Gasteiger partial charge >= 0.3 is 0 Å². The Morgan fingerprint density at radius 3 is 2.20 bits per heavy atom. The lowest BCUT2D eigenvalue weighted by atomic mass is 9.57. The molecule has 1 aliphatic carbocycles. The normalized spacial score (nSPS) is 33.7. The van der Waals surface area contributed by atoms with Crippen LogP contribution in [0.1, 0.15) is 33.7 Å². The van der Waals surface area contributed by atoms with E-state index in [0.717, 1.165) is 17.6 Å². The number of ether oxygens (including phenoxy) is 1. The number of carbonyl (C=O) groups is 1. The van der Waals surface area contributed by atoms with Crippen LogP contribution in [0, 0.1) is 5.41 Å². The number of carbonyl (C=O) groups excluding carboxylic acids is 1. The summed E-state index contributed by atoms with van der Waals surface area (Å²) in [6.45, 7) is 1.74. The van der Waals surface area contributed by atoms with Crippen molar-refractivity contribution in [3.05, 3.63) is 161 Å². The van der Waals surface area contributed by atoms with Gasteiger partial charge < -0.3 is 4.74 Å². The van der Waals surface area contributed by atoms with Crippen molar-refractivity contribution in [3.8, 4) is 0 Å². The van der Waals surface area contributed by atoms with E-state index < -0.39 is 16.7 Å². The van der Waals surface area contributed by atoms with E-state index in [0.29, 0.717) is 19.8 Å². The fourth-order valence-electron chi connectivity index (χ4n) is 10.3. The predicted molar refractivity (Wildman–Crippen MR) is 172 cm³/mol. The van der Waals surface area contributed by atoms with Gasteiger partial charge in [0.15, 0.2) is 11.5 Å². The third-order valence-corrected chi connectivity index (χ3v) is 11.5. The highest BCUT2D eigenvalue weighted by molar-refractivity contribution is 6.10. The van der Waals surface area contributed by atoms with Crippen molar-refractivity contribution in [2.45, 2.75) is 29.6 Å². The zero-order valence-corrected chi connectivity index (χ0v) is 24.4. The van der Waals surface area contributed by atoms with Crippen molar-refractivity contribution >= 4 is 22.6 Å². The summed E-state index contributed by atoms with van der Waals surface area (Å²) in [5.41, 5.74) is 4.83. The Labute approximate surface area is 257 Å². The lowest BCUT2D eigenvalue weighted by molar-refractivity contribution is -0.131. The maximum absolute atomic E-state index is 15.7. The average molecular weight is 573 g/mol. The topological polar surface area (TPSA) is 32.8 Å². The molecule has 4 saturated heterocycles. The van der Waals surface area contributed by atoms with Crippen LogP contribution in [0.5, 0.6) is 0 Å². The Kier molecular flexibility index (Phi) is 4.91. The maximum Gasteiger partial charge on any atom is 0.174 e. The molecule has 10 rings (SSSR count). The van der Waals surface area contributed by atoms with E-state index in [4.69, 9.17) is 4.74 Å². The van der Waals surface area contributed by atoms with Gasteiger partial charge in [0.05, 0.1) is 5.41 Å². The van der Waals surface area contributed by atoms with E-state index in [2.05, 4.69) is 125 Å². The van der Waals surface area contributed by atoms with Crippen LogP contribution in [-0.4, -0.2) is 41.4 Å². The van der Waals surface area contributed by atoms with E-state index in [-0.39, 0.29) is 17.7 Å². The van der Waals surface area contributed by atoms with Crippen LogP contribution < -0.4 is 0 Å². The maximum atomic E-state index is 15.7. The first-order chi connectivity index (χ1) is 21.7. The standard InChI is InChI=1S/C40H32N2O2/c43-37-31(22-27-12-4-1-5-13-27)24-41-25-38(37)36(30-16-8-3-9-17-30)34(23-28-14-6-2-7-15-28)42-26-44-40(41)33-21-11-19-29-18-10-20-32(35(29)33)39(38,40)42/h1-22,34,36H,23-26H2/b31-22+/t34-,36-,38-,39+,40+/m0/s1. The molecule has 5 aliphatic rings. The Bertz CT molecular complexity index is 2000. The van der Waals surface area contributed by atoms with Gasteiger partial charge in [0.25, 0.3) is 0 Å². The molecule has 1 unspecified atom stereocenters. The first-order valence-corrected chi connectivity index (χ1v) is 15.8. The van der Waals surface area contributed by atoms with Gasteiger partial charge in [-0.25, -0.2) is 0 Å². The molecule has 44 heavy (non-hydrogen) atoms. The Hall–Kier alpha value is -4.35. The number of hydrogen-bond donors (Lipinski definition) is 0. The van der Waals surface area contributed by atoms with E-state index in [1.165, 1.54) is 33.0 Å². The van der Waals surface area contributed by atoms with E-state index in [1.54, 1.807) is 0 Å². The number of piperidine rings is 1. The Morgan fingerprint density at radius 2 is 1.45 bits per heavy atom. The predicted octanol–water partition coefficient (Wildman–Crippen LogP) is 6.87. The van der Waals surface area contributed by atoms with Crippen molar-refractivity contribution < 1.29 is 9.53 Å². The van der Waals surface area contributed by atoms with Crippen LogP contribution in [0.3, 0.4) is 0 Å². The second-order valence-corrected chi connectivity index (χ2v) is 13.2. The molecular formula is C40H32N2O2. The number of fused-ring (bicyclic) bond motifs is 1. The quantitative estimate of drug-likeness (QED) is 0.220. The highest BCUT2D eigenvalue weighted by atomic mass is 16.6. The average Bonchev–Trinajstić information content (AvgIpc) is 3.70. The molecule has 2 bridgehead atoms. The minimum absolute atomic E-state index is 0.0197. The molecule has 4 fully saturated rings. The third kappa shape index (κ3) is 2.71. The van der Waals surface area contributed by atoms with Crippen LogP contribution in [0.15, 0.2) is 133 Å². The van der Waals surface area contributed by atoms with Gasteiger partial charge in [-0.2, -0.15) is 0 Å². The molecule has 5 aromatic carbocycles. The molecule has 0 saturated carbocycles. The van der Waals surface area contributed by atoms with Crippen molar-refractivity contribution in [2.75, 3.05) is 19.8 Å². The van der Waals surface area contributed by atoms with Gasteiger partial charge in [-0.15, -0.1) is 0 Å². The van der Waals surface area contributed by atoms with Gasteiger partial charge in [-0.05, 0) is 45.5 Å². The minimum Gasteiger partial charge on any atom is -0.338 e. The van der Waals surface area contributed by atoms with Crippen molar-refractivity contribution in [1.29, 1.82) is 0 Å². The SMILES string of the molecule is O=C1/C(=C/c2ccccc2)CN2C[C@]13[C@@H](c1ccccc1)[C@H](Cc1ccccc1)N1CO[C@@]24c2cccc5cccc(c25)[C@@]134. The van der Waals surface area contributed by atoms with E-state index in [9.17, 15) is 0 Å². The molecular weight excluding hydrogens is 540 g/mol. The fourth-order valence-corrected chi connectivity index (χ4v) is 10.3. The van der Waals surface area contributed by atoms with Crippen LogP contribution in [-0.2, 0) is 27.2 Å². The molecule has 0 aromatic heterocycles. The summed E-state index contributed by atoms with van der Waals surface area (Å²) in [4.78, 5) is 20.9. The lowest BCUT2D eigenvalue weighted by Gasteiger charge is -2.44. The summed E-state index contributed by atoms with van der Waals surface area (Å²) in [5.74, 6) is 0.262. The van der Waals surface area contributed by atoms with Gasteiger partial charge in [-0.3, -0.25) is 14.6 Å². The number of ketones is 1. The van der Waals surface area contributed by atoms with Gasteiger partial charge in [0, 0.05) is 36.2 Å². The second kappa shape index (κ2) is 8.64. The monoisotopic (exact) mass is 572 g/mol. The van der Waals surface area contributed by atoms with Crippen LogP contribution in [0.4, 0.5) is 0 Å². The summed E-state index contributed by atoms with van der Waals surface area (Å²) in [6, 6.07) is 45.5. The molecule has 4 heteroatoms. The molecule has 0 amide bonds. The van der Waals surface area contributed by atoms with Crippen LogP contribution in [0.2, 0.25) is 0 Å². The molecule has 214 valence electrons. The summed E-state index contributed by atoms with van der Waals surface area (Å²) < 4.78 is 7.27. The molecule has 4 nitrogen and oxygen atoms in total. The first kappa shape index (κ1) is 25.0. The van der Waals surface area contributed by atoms with Crippen molar-refractivity contribution in [1.82, 2.24) is 9.80 Å². The van der Waals surface area contributed by atoms with Gasteiger partial charge in [-0.1, -0.05) is 127 Å². The Morgan fingerprint density at radius 1 is 0.773 bits per heavy atom. The number of nitrogens with zero attached hydrogens (tertiary/aromatic N) is 2. The number of rotatable bonds is 4. The molecule has 2 spiro atoms. The zero-order valence-electron chi connectivity index (χ0n) is 24.4. The number of hydrogen-bond acceptors (Lipinski definition) is 4. The number of Topliss-reactive ketones (excluding diaryl/α,β-unsaturated/α-hetero) is 1. The second-order valence-electron chi connectivity index (χ2n) is 13.2. The fraction of sp³-hybridized carbons (Fsp3) is 0.225. The van der Waals surface area contributed by atoms with E-state index in [1.807, 2.05) is 18.2 Å². The molecule has 0 radical (unpaired) electrons. The summed E-state index contributed by atoms with van der Waals surface area (Å²) >= 11 is 0. The molecule has 4 heterocycles. The molecule has 0 N–H and O–H groups in total. The molecule has 4 aliphatic heterocycles. The smallest absolute Gasteiger partial charge is 0.174 e. The first-order valence-electron chi connectivity index (χ1n) is 15.8. The van der Waals surface area contributed by atoms with Crippen LogP contribution in [0.25, 0.3) is 16.8 Å². The highest BCUT2D eigenvalue weighted by Crippen LogP contribution is 2.80. The van der Waals surface area contributed by atoms with Gasteiger partial charge in [0.2, 0.25) is 0 Å². The van der Waals surface area contributed by atoms with Crippen LogP contribution >= 0.6 is 0 Å². The summed E-state index contributed by atoms with van der Waals surface area (Å²) in [6.07, 6.45) is 2.99. The van der Waals surface area contributed by atoms with Gasteiger partial charge in [0.1, 0.15) is 12.3 Å². The van der Waals surface area contributed by atoms with Crippen molar-refractivity contribution in [3.63, 3.8) is 0 Å². The molecule has 6 atom stereocenters. The highest BCUT2D eigenvalue weighted by Gasteiger charge is 2.90. The number of benzene rings is 5.